The predicted molar refractivity (Wildman–Crippen MR) is 83.3 cm³/mol. The molecule has 0 aromatic carbocycles. The van der Waals surface area contributed by atoms with Crippen molar-refractivity contribution >= 4 is 9.84 Å². The molecule has 1 aromatic heterocycles. The molecule has 1 aromatic rings. The smallest absolute Gasteiger partial charge is 0.178 e. The van der Waals surface area contributed by atoms with Crippen molar-refractivity contribution in [3.63, 3.8) is 0 Å². The minimum atomic E-state index is -3.28. The summed E-state index contributed by atoms with van der Waals surface area (Å²) in [5.74, 6) is 0. The van der Waals surface area contributed by atoms with E-state index in [0.29, 0.717) is 17.1 Å². The van der Waals surface area contributed by atoms with Gasteiger partial charge in [-0.25, -0.2) is 8.42 Å². The topological polar surface area (TPSA) is 86.3 Å². The van der Waals surface area contributed by atoms with Crippen LogP contribution < -0.4 is 0 Å². The van der Waals surface area contributed by atoms with Crippen molar-refractivity contribution in [2.24, 2.45) is 0 Å². The molecule has 0 unspecified atom stereocenters. The van der Waals surface area contributed by atoms with E-state index < -0.39 is 15.4 Å². The first-order chi connectivity index (χ1) is 10.4. The van der Waals surface area contributed by atoms with Gasteiger partial charge >= 0.3 is 0 Å². The van der Waals surface area contributed by atoms with Crippen LogP contribution in [0.25, 0.3) is 0 Å². The highest BCUT2D eigenvalue weighted by Gasteiger charge is 2.38. The third-order valence-corrected chi connectivity index (χ3v) is 6.13. The maximum absolute atomic E-state index is 11.9. The largest absolute Gasteiger partial charge is 0.389 e. The molecule has 1 atom stereocenters. The minimum absolute atomic E-state index is 0.0122. The molecule has 1 saturated carbocycles. The lowest BCUT2D eigenvalue weighted by Crippen LogP contribution is -2.44. The molecule has 3 rings (SSSR count). The average molecular weight is 327 g/mol. The monoisotopic (exact) mass is 327 g/mol. The molecule has 2 heterocycles. The predicted octanol–water partition coefficient (Wildman–Crippen LogP) is 1.65. The van der Waals surface area contributed by atoms with E-state index in [-0.39, 0.29) is 6.04 Å². The van der Waals surface area contributed by atoms with Gasteiger partial charge in [0.05, 0.1) is 23.5 Å². The van der Waals surface area contributed by atoms with Gasteiger partial charge in [-0.2, -0.15) is 5.10 Å². The zero-order valence-corrected chi connectivity index (χ0v) is 13.9. The number of aliphatic hydroxyl groups is 1. The Bertz CT molecular complexity index is 620. The van der Waals surface area contributed by atoms with E-state index in [0.717, 1.165) is 45.1 Å². The van der Waals surface area contributed by atoms with Crippen molar-refractivity contribution in [1.29, 1.82) is 0 Å². The Morgan fingerprint density at radius 1 is 1.36 bits per heavy atom. The summed E-state index contributed by atoms with van der Waals surface area (Å²) in [4.78, 5) is 2.52. The summed E-state index contributed by atoms with van der Waals surface area (Å²) in [6.07, 6.45) is 9.58. The number of H-pyrrole nitrogens is 1. The highest BCUT2D eigenvalue weighted by Crippen LogP contribution is 2.37. The summed E-state index contributed by atoms with van der Waals surface area (Å²) >= 11 is 0. The molecular formula is C15H25N3O3S. The van der Waals surface area contributed by atoms with Crippen LogP contribution in [0.5, 0.6) is 0 Å². The van der Waals surface area contributed by atoms with Gasteiger partial charge in [-0.05, 0) is 32.2 Å². The number of likely N-dealkylation sites (tertiary alicyclic amines) is 1. The number of aromatic amines is 1. The van der Waals surface area contributed by atoms with Crippen LogP contribution in [0.1, 0.15) is 56.7 Å². The van der Waals surface area contributed by atoms with Crippen molar-refractivity contribution < 1.29 is 13.5 Å². The van der Waals surface area contributed by atoms with Crippen LogP contribution in [0.15, 0.2) is 11.1 Å². The molecular weight excluding hydrogens is 302 g/mol. The summed E-state index contributed by atoms with van der Waals surface area (Å²) < 4.78 is 23.8. The molecule has 1 saturated heterocycles. The molecule has 2 fully saturated rings. The molecule has 1 aliphatic carbocycles. The fourth-order valence-electron chi connectivity index (χ4n) is 3.91. The quantitative estimate of drug-likeness (QED) is 0.878. The lowest BCUT2D eigenvalue weighted by Gasteiger charge is -2.37. The van der Waals surface area contributed by atoms with Gasteiger partial charge < -0.3 is 5.11 Å². The third kappa shape index (κ3) is 3.21. The number of β-amino-alcohol motifs (C(OH)–C–C–N with tert-alkyl or cyclic N) is 1. The van der Waals surface area contributed by atoms with Crippen molar-refractivity contribution in [2.45, 2.75) is 61.5 Å². The minimum Gasteiger partial charge on any atom is -0.389 e. The zero-order valence-electron chi connectivity index (χ0n) is 13.1. The lowest BCUT2D eigenvalue weighted by atomic mass is 9.84. The van der Waals surface area contributed by atoms with Gasteiger partial charge in [0.1, 0.15) is 4.90 Å². The van der Waals surface area contributed by atoms with Crippen molar-refractivity contribution in [3.05, 3.63) is 11.9 Å². The highest BCUT2D eigenvalue weighted by molar-refractivity contribution is 7.90. The molecule has 2 N–H and O–H groups in total. The van der Waals surface area contributed by atoms with E-state index in [1.165, 1.54) is 18.9 Å². The second kappa shape index (κ2) is 5.94. The van der Waals surface area contributed by atoms with Gasteiger partial charge in [-0.15, -0.1) is 0 Å². The van der Waals surface area contributed by atoms with Gasteiger partial charge in [0.2, 0.25) is 0 Å². The van der Waals surface area contributed by atoms with Gasteiger partial charge in [0, 0.05) is 12.8 Å². The number of hydrogen-bond acceptors (Lipinski definition) is 5. The summed E-state index contributed by atoms with van der Waals surface area (Å²) in [6, 6.07) is 0.0122. The van der Waals surface area contributed by atoms with E-state index in [2.05, 4.69) is 15.1 Å². The van der Waals surface area contributed by atoms with Crippen molar-refractivity contribution in [2.75, 3.05) is 19.3 Å². The molecule has 0 spiro atoms. The molecule has 2 aliphatic rings. The van der Waals surface area contributed by atoms with Gasteiger partial charge in [-0.1, -0.05) is 19.3 Å². The molecule has 0 amide bonds. The van der Waals surface area contributed by atoms with E-state index in [1.807, 2.05) is 0 Å². The van der Waals surface area contributed by atoms with Crippen LogP contribution >= 0.6 is 0 Å². The van der Waals surface area contributed by atoms with Crippen molar-refractivity contribution in [1.82, 2.24) is 15.1 Å². The fourth-order valence-corrected chi connectivity index (χ4v) is 4.73. The lowest BCUT2D eigenvalue weighted by molar-refractivity contribution is -0.0297. The number of hydrogen-bond donors (Lipinski definition) is 2. The first-order valence-electron chi connectivity index (χ1n) is 8.09. The Morgan fingerprint density at radius 2 is 2.09 bits per heavy atom. The molecule has 7 heteroatoms. The Balaban J connectivity index is 1.80. The van der Waals surface area contributed by atoms with Gasteiger partial charge in [-0.3, -0.25) is 10.00 Å². The summed E-state index contributed by atoms with van der Waals surface area (Å²) in [6.45, 7) is 1.52. The molecule has 1 aliphatic heterocycles. The van der Waals surface area contributed by atoms with Gasteiger partial charge in [0.25, 0.3) is 0 Å². The normalized spacial score (nSPS) is 26.4. The molecule has 124 valence electrons. The maximum Gasteiger partial charge on any atom is 0.178 e. The first-order valence-corrected chi connectivity index (χ1v) is 9.98. The van der Waals surface area contributed by atoms with Gasteiger partial charge in [0.15, 0.2) is 9.84 Å². The first kappa shape index (κ1) is 16.0. The van der Waals surface area contributed by atoms with Crippen molar-refractivity contribution in [3.8, 4) is 0 Å². The van der Waals surface area contributed by atoms with E-state index in [4.69, 9.17) is 0 Å². The Hall–Kier alpha value is -0.920. The summed E-state index contributed by atoms with van der Waals surface area (Å²) in [5.41, 5.74) is 0.0611. The van der Waals surface area contributed by atoms with Crippen LogP contribution in [0.3, 0.4) is 0 Å². The van der Waals surface area contributed by atoms with E-state index in [1.54, 1.807) is 0 Å². The molecule has 0 radical (unpaired) electrons. The third-order valence-electron chi connectivity index (χ3n) is 5.01. The van der Waals surface area contributed by atoms with Crippen LogP contribution in [0, 0.1) is 0 Å². The maximum atomic E-state index is 11.9. The van der Waals surface area contributed by atoms with Crippen LogP contribution in [0.4, 0.5) is 0 Å². The molecule has 0 bridgehead atoms. The van der Waals surface area contributed by atoms with Crippen LogP contribution in [-0.4, -0.2) is 53.6 Å². The average Bonchev–Trinajstić information content (AvgIpc) is 3.06. The number of nitrogens with one attached hydrogen (secondary N) is 1. The number of rotatable bonds is 4. The number of aromatic nitrogens is 2. The molecule has 22 heavy (non-hydrogen) atoms. The zero-order chi connectivity index (χ0) is 15.8. The highest BCUT2D eigenvalue weighted by atomic mass is 32.2. The summed E-state index contributed by atoms with van der Waals surface area (Å²) in [7, 11) is -3.28. The van der Waals surface area contributed by atoms with Crippen LogP contribution in [0.2, 0.25) is 0 Å². The second-order valence-corrected chi connectivity index (χ2v) is 8.82. The summed E-state index contributed by atoms with van der Waals surface area (Å²) in [5, 5.41) is 17.6. The van der Waals surface area contributed by atoms with E-state index in [9.17, 15) is 13.5 Å². The van der Waals surface area contributed by atoms with E-state index >= 15 is 0 Å². The number of nitrogens with zero attached hydrogens (tertiary/aromatic N) is 2. The Labute approximate surface area is 131 Å². The Morgan fingerprint density at radius 3 is 2.77 bits per heavy atom. The second-order valence-electron chi connectivity index (χ2n) is 6.83. The Kier molecular flexibility index (Phi) is 4.31. The number of sulfone groups is 1. The SMILES string of the molecule is CS(=O)(=O)c1cn[nH]c1[C@@H]1CCCN1CC1(O)CCCCC1. The molecule has 6 nitrogen and oxygen atoms in total. The van der Waals surface area contributed by atoms with Crippen LogP contribution in [-0.2, 0) is 9.84 Å². The standard InChI is InChI=1S/C15H25N3O3S/c1-22(20,21)13-10-16-17-14(13)12-6-5-9-18(12)11-15(19)7-3-2-4-8-15/h10,12,19H,2-9,11H2,1H3,(H,16,17)/t12-/m0/s1. The fraction of sp³-hybridized carbons (Fsp3) is 0.800.